The summed E-state index contributed by atoms with van der Waals surface area (Å²) in [4.78, 5) is 11.6. The number of methoxy groups -OCH3 is 2. The van der Waals surface area contributed by atoms with Crippen LogP contribution in [0.5, 0.6) is 5.75 Å². The quantitative estimate of drug-likeness (QED) is 0.323. The molecule has 0 aliphatic heterocycles. The molecule has 0 N–H and O–H groups in total. The standard InChI is InChI=1S/C29H20O3/c1-31-28-19-23(9-7-21-11-15-26(16-12-21)29(30)32-2)17-24(20-28)10-8-22-13-14-25-5-3-4-6-27(25)18-22/h3-6,11-20H,1-2H3. The van der Waals surface area contributed by atoms with Crippen molar-refractivity contribution in [2.75, 3.05) is 14.2 Å². The summed E-state index contributed by atoms with van der Waals surface area (Å²) in [5, 5.41) is 2.35. The van der Waals surface area contributed by atoms with Crippen molar-refractivity contribution in [3.8, 4) is 29.4 Å². The van der Waals surface area contributed by atoms with Gasteiger partial charge in [0, 0.05) is 22.3 Å². The zero-order valence-corrected chi connectivity index (χ0v) is 17.8. The van der Waals surface area contributed by atoms with E-state index in [-0.39, 0.29) is 5.97 Å². The van der Waals surface area contributed by atoms with Crippen LogP contribution in [0.1, 0.15) is 32.6 Å². The first-order valence-corrected chi connectivity index (χ1v) is 10.0. The van der Waals surface area contributed by atoms with Gasteiger partial charge in [-0.25, -0.2) is 4.79 Å². The van der Waals surface area contributed by atoms with E-state index in [1.807, 2.05) is 36.4 Å². The topological polar surface area (TPSA) is 35.5 Å². The van der Waals surface area contributed by atoms with Crippen molar-refractivity contribution in [1.82, 2.24) is 0 Å². The lowest BCUT2D eigenvalue weighted by atomic mass is 10.1. The van der Waals surface area contributed by atoms with Gasteiger partial charge in [-0.15, -0.1) is 0 Å². The maximum absolute atomic E-state index is 11.6. The molecule has 0 aromatic heterocycles. The second-order valence-corrected chi connectivity index (χ2v) is 7.08. The minimum atomic E-state index is -0.369. The molecule has 0 bridgehead atoms. The third-order valence-electron chi connectivity index (χ3n) is 4.90. The fourth-order valence-corrected chi connectivity index (χ4v) is 3.22. The number of hydrogen-bond donors (Lipinski definition) is 0. The molecule has 0 amide bonds. The predicted octanol–water partition coefficient (Wildman–Crippen LogP) is 5.43. The average Bonchev–Trinajstić information content (AvgIpc) is 2.85. The van der Waals surface area contributed by atoms with Gasteiger partial charge in [0.1, 0.15) is 5.75 Å². The van der Waals surface area contributed by atoms with Crippen molar-refractivity contribution in [3.63, 3.8) is 0 Å². The normalized spacial score (nSPS) is 9.81. The SMILES string of the molecule is COC(=O)c1ccc(C#Cc2cc(C#Cc3ccc4ccccc4c3)cc(OC)c2)cc1. The highest BCUT2D eigenvalue weighted by Gasteiger charge is 2.03. The van der Waals surface area contributed by atoms with E-state index in [1.54, 1.807) is 31.4 Å². The fourth-order valence-electron chi connectivity index (χ4n) is 3.22. The molecule has 0 fully saturated rings. The number of hydrogen-bond acceptors (Lipinski definition) is 3. The Hall–Kier alpha value is -4.47. The maximum Gasteiger partial charge on any atom is 0.337 e. The lowest BCUT2D eigenvalue weighted by Crippen LogP contribution is -2.00. The lowest BCUT2D eigenvalue weighted by Gasteiger charge is -2.02. The van der Waals surface area contributed by atoms with Crippen molar-refractivity contribution < 1.29 is 14.3 Å². The summed E-state index contributed by atoms with van der Waals surface area (Å²) in [6.07, 6.45) is 0. The number of esters is 1. The Morgan fingerprint density at radius 3 is 1.88 bits per heavy atom. The van der Waals surface area contributed by atoms with Crippen molar-refractivity contribution in [2.24, 2.45) is 0 Å². The molecule has 4 aromatic carbocycles. The number of rotatable bonds is 2. The molecular formula is C29H20O3. The smallest absolute Gasteiger partial charge is 0.337 e. The van der Waals surface area contributed by atoms with E-state index in [0.29, 0.717) is 11.3 Å². The number of carbonyl (C=O) groups is 1. The van der Waals surface area contributed by atoms with Gasteiger partial charge >= 0.3 is 5.97 Å². The van der Waals surface area contributed by atoms with Gasteiger partial charge in [0.25, 0.3) is 0 Å². The Labute approximate surface area is 187 Å². The Morgan fingerprint density at radius 2 is 1.22 bits per heavy atom. The largest absolute Gasteiger partial charge is 0.497 e. The molecule has 4 aromatic rings. The van der Waals surface area contributed by atoms with Crippen LogP contribution in [0, 0.1) is 23.7 Å². The van der Waals surface area contributed by atoms with E-state index in [2.05, 4.69) is 47.9 Å². The fraction of sp³-hybridized carbons (Fsp3) is 0.0690. The van der Waals surface area contributed by atoms with Crippen LogP contribution in [-0.4, -0.2) is 20.2 Å². The molecule has 0 spiro atoms. The van der Waals surface area contributed by atoms with E-state index >= 15 is 0 Å². The first-order chi connectivity index (χ1) is 15.6. The Morgan fingerprint density at radius 1 is 0.625 bits per heavy atom. The molecule has 0 radical (unpaired) electrons. The van der Waals surface area contributed by atoms with Gasteiger partial charge in [0.05, 0.1) is 19.8 Å². The van der Waals surface area contributed by atoms with Crippen LogP contribution in [0.25, 0.3) is 10.8 Å². The van der Waals surface area contributed by atoms with E-state index in [9.17, 15) is 4.79 Å². The highest BCUT2D eigenvalue weighted by Crippen LogP contribution is 2.18. The molecule has 154 valence electrons. The number of fused-ring (bicyclic) bond motifs is 1. The highest BCUT2D eigenvalue weighted by molar-refractivity contribution is 5.89. The van der Waals surface area contributed by atoms with Gasteiger partial charge in [-0.05, 0) is 65.4 Å². The van der Waals surface area contributed by atoms with Crippen molar-refractivity contribution in [3.05, 3.63) is 113 Å². The summed E-state index contributed by atoms with van der Waals surface area (Å²) in [6.45, 7) is 0. The molecule has 0 saturated carbocycles. The summed E-state index contributed by atoms with van der Waals surface area (Å²) < 4.78 is 10.1. The van der Waals surface area contributed by atoms with Crippen molar-refractivity contribution in [1.29, 1.82) is 0 Å². The van der Waals surface area contributed by atoms with Crippen LogP contribution in [0.15, 0.2) is 84.9 Å². The zero-order chi connectivity index (χ0) is 22.3. The Kier molecular flexibility index (Phi) is 6.21. The second kappa shape index (κ2) is 9.56. The van der Waals surface area contributed by atoms with Crippen LogP contribution in [-0.2, 0) is 4.74 Å². The molecule has 3 nitrogen and oxygen atoms in total. The predicted molar refractivity (Wildman–Crippen MR) is 127 cm³/mol. The summed E-state index contributed by atoms with van der Waals surface area (Å²) in [5.74, 6) is 13.0. The van der Waals surface area contributed by atoms with Gasteiger partial charge in [-0.1, -0.05) is 54.0 Å². The zero-order valence-electron chi connectivity index (χ0n) is 17.8. The first kappa shape index (κ1) is 20.8. The van der Waals surface area contributed by atoms with Crippen LogP contribution in [0.2, 0.25) is 0 Å². The molecule has 0 aliphatic carbocycles. The van der Waals surface area contributed by atoms with Crippen molar-refractivity contribution in [2.45, 2.75) is 0 Å². The number of carbonyl (C=O) groups excluding carboxylic acids is 1. The molecule has 0 atom stereocenters. The number of ether oxygens (including phenoxy) is 2. The van der Waals surface area contributed by atoms with E-state index in [1.165, 1.54) is 12.5 Å². The van der Waals surface area contributed by atoms with Crippen LogP contribution in [0.4, 0.5) is 0 Å². The number of benzene rings is 4. The molecule has 0 unspecified atom stereocenters. The third-order valence-corrected chi connectivity index (χ3v) is 4.90. The molecule has 0 heterocycles. The Bertz CT molecular complexity index is 1410. The molecule has 32 heavy (non-hydrogen) atoms. The van der Waals surface area contributed by atoms with Crippen molar-refractivity contribution >= 4 is 16.7 Å². The molecule has 4 rings (SSSR count). The minimum Gasteiger partial charge on any atom is -0.497 e. The highest BCUT2D eigenvalue weighted by atomic mass is 16.5. The van der Waals surface area contributed by atoms with Gasteiger partial charge in [-0.3, -0.25) is 0 Å². The Balaban J connectivity index is 1.60. The third kappa shape index (κ3) is 4.98. The van der Waals surface area contributed by atoms with Crippen LogP contribution < -0.4 is 4.74 Å². The molecule has 0 saturated heterocycles. The van der Waals surface area contributed by atoms with Gasteiger partial charge in [0.2, 0.25) is 0 Å². The second-order valence-electron chi connectivity index (χ2n) is 7.08. The molecule has 3 heteroatoms. The van der Waals surface area contributed by atoms with Crippen LogP contribution >= 0.6 is 0 Å². The van der Waals surface area contributed by atoms with Gasteiger partial charge < -0.3 is 9.47 Å². The van der Waals surface area contributed by atoms with E-state index in [0.717, 1.165) is 27.6 Å². The minimum absolute atomic E-state index is 0.369. The summed E-state index contributed by atoms with van der Waals surface area (Å²) in [7, 11) is 2.98. The average molecular weight is 416 g/mol. The van der Waals surface area contributed by atoms with Gasteiger partial charge in [-0.2, -0.15) is 0 Å². The monoisotopic (exact) mass is 416 g/mol. The van der Waals surface area contributed by atoms with Crippen LogP contribution in [0.3, 0.4) is 0 Å². The lowest BCUT2D eigenvalue weighted by molar-refractivity contribution is 0.0600. The van der Waals surface area contributed by atoms with E-state index in [4.69, 9.17) is 9.47 Å². The molecule has 0 aliphatic rings. The van der Waals surface area contributed by atoms with E-state index < -0.39 is 0 Å². The first-order valence-electron chi connectivity index (χ1n) is 10.0. The maximum atomic E-state index is 11.6. The summed E-state index contributed by atoms with van der Waals surface area (Å²) in [6, 6.07) is 27.1. The van der Waals surface area contributed by atoms with Gasteiger partial charge in [0.15, 0.2) is 0 Å². The summed E-state index contributed by atoms with van der Waals surface area (Å²) in [5.41, 5.74) is 3.85. The summed E-state index contributed by atoms with van der Waals surface area (Å²) >= 11 is 0. The molecular weight excluding hydrogens is 396 g/mol.